The standard InChI is InChI=1S/C10H9Cl/c1-2-6-10(11)9-7-4-3-5-8-9/h1,3-5,7-8,10H,6H2. The molecule has 1 atom stereocenters. The van der Waals surface area contributed by atoms with Gasteiger partial charge in [-0.15, -0.1) is 23.9 Å². The van der Waals surface area contributed by atoms with E-state index in [9.17, 15) is 0 Å². The number of terminal acetylenes is 1. The van der Waals surface area contributed by atoms with Crippen LogP contribution in [0.4, 0.5) is 0 Å². The lowest BCUT2D eigenvalue weighted by Gasteiger charge is -2.03. The molecule has 0 fully saturated rings. The van der Waals surface area contributed by atoms with E-state index in [0.717, 1.165) is 5.56 Å². The molecule has 0 amide bonds. The molecule has 1 unspecified atom stereocenters. The van der Waals surface area contributed by atoms with Gasteiger partial charge in [0.1, 0.15) is 0 Å². The van der Waals surface area contributed by atoms with Gasteiger partial charge in [0.15, 0.2) is 0 Å². The van der Waals surface area contributed by atoms with Crippen molar-refractivity contribution in [2.45, 2.75) is 11.8 Å². The van der Waals surface area contributed by atoms with Gasteiger partial charge in [-0.1, -0.05) is 30.3 Å². The van der Waals surface area contributed by atoms with E-state index < -0.39 is 0 Å². The molecule has 0 spiro atoms. The minimum atomic E-state index is -0.0406. The van der Waals surface area contributed by atoms with E-state index >= 15 is 0 Å². The summed E-state index contributed by atoms with van der Waals surface area (Å²) >= 11 is 5.96. The second kappa shape index (κ2) is 4.05. The van der Waals surface area contributed by atoms with Crippen molar-refractivity contribution in [2.75, 3.05) is 0 Å². The Kier molecular flexibility index (Phi) is 3.01. The number of benzene rings is 1. The van der Waals surface area contributed by atoms with Gasteiger partial charge in [0.05, 0.1) is 5.38 Å². The average molecular weight is 165 g/mol. The first-order chi connectivity index (χ1) is 5.34. The summed E-state index contributed by atoms with van der Waals surface area (Å²) in [5.74, 6) is 2.53. The first kappa shape index (κ1) is 8.17. The van der Waals surface area contributed by atoms with Crippen molar-refractivity contribution >= 4 is 11.6 Å². The smallest absolute Gasteiger partial charge is 0.0694 e. The highest BCUT2D eigenvalue weighted by atomic mass is 35.5. The highest BCUT2D eigenvalue weighted by Gasteiger charge is 2.03. The van der Waals surface area contributed by atoms with Crippen molar-refractivity contribution in [3.63, 3.8) is 0 Å². The summed E-state index contributed by atoms with van der Waals surface area (Å²) in [5.41, 5.74) is 1.09. The van der Waals surface area contributed by atoms with Crippen LogP contribution in [-0.2, 0) is 0 Å². The Morgan fingerprint density at radius 1 is 1.36 bits per heavy atom. The summed E-state index contributed by atoms with van der Waals surface area (Å²) in [5, 5.41) is -0.0406. The number of alkyl halides is 1. The number of hydrogen-bond acceptors (Lipinski definition) is 0. The van der Waals surface area contributed by atoms with E-state index in [0.29, 0.717) is 6.42 Å². The Bertz CT molecular complexity index is 245. The van der Waals surface area contributed by atoms with Crippen LogP contribution in [0.5, 0.6) is 0 Å². The molecular weight excluding hydrogens is 156 g/mol. The third-order valence-corrected chi connectivity index (χ3v) is 1.86. The molecule has 1 heteroatoms. The van der Waals surface area contributed by atoms with E-state index in [1.807, 2.05) is 30.3 Å². The lowest BCUT2D eigenvalue weighted by atomic mass is 10.1. The number of rotatable bonds is 2. The van der Waals surface area contributed by atoms with Gasteiger partial charge in [0.25, 0.3) is 0 Å². The van der Waals surface area contributed by atoms with Crippen LogP contribution < -0.4 is 0 Å². The Balaban J connectivity index is 2.70. The van der Waals surface area contributed by atoms with Gasteiger partial charge in [-0.2, -0.15) is 0 Å². The molecule has 0 aliphatic heterocycles. The maximum absolute atomic E-state index is 5.96. The van der Waals surface area contributed by atoms with Crippen LogP contribution in [0, 0.1) is 12.3 Å². The van der Waals surface area contributed by atoms with Gasteiger partial charge in [-0.25, -0.2) is 0 Å². The number of hydrogen-bond donors (Lipinski definition) is 0. The molecule has 56 valence electrons. The molecule has 0 aliphatic rings. The SMILES string of the molecule is C#CCC(Cl)c1ccccc1. The second-order valence-electron chi connectivity index (χ2n) is 2.29. The minimum Gasteiger partial charge on any atom is -0.120 e. The van der Waals surface area contributed by atoms with Gasteiger partial charge in [-0.3, -0.25) is 0 Å². The predicted molar refractivity (Wildman–Crippen MR) is 48.5 cm³/mol. The van der Waals surface area contributed by atoms with Crippen LogP contribution in [0.1, 0.15) is 17.4 Å². The van der Waals surface area contributed by atoms with Crippen LogP contribution in [0.3, 0.4) is 0 Å². The normalized spacial score (nSPS) is 12.0. The molecule has 0 aliphatic carbocycles. The van der Waals surface area contributed by atoms with Crippen LogP contribution in [-0.4, -0.2) is 0 Å². The predicted octanol–water partition coefficient (Wildman–Crippen LogP) is 2.99. The van der Waals surface area contributed by atoms with Crippen LogP contribution >= 0.6 is 11.6 Å². The molecule has 1 aromatic carbocycles. The fraction of sp³-hybridized carbons (Fsp3) is 0.200. The van der Waals surface area contributed by atoms with Crippen molar-refractivity contribution in [1.82, 2.24) is 0 Å². The Morgan fingerprint density at radius 2 is 2.00 bits per heavy atom. The maximum Gasteiger partial charge on any atom is 0.0694 e. The molecule has 0 heterocycles. The quantitative estimate of drug-likeness (QED) is 0.466. The summed E-state index contributed by atoms with van der Waals surface area (Å²) in [6, 6.07) is 9.84. The highest BCUT2D eigenvalue weighted by molar-refractivity contribution is 6.20. The second-order valence-corrected chi connectivity index (χ2v) is 2.81. The zero-order valence-corrected chi connectivity index (χ0v) is 6.88. The van der Waals surface area contributed by atoms with Crippen molar-refractivity contribution in [1.29, 1.82) is 0 Å². The molecule has 0 radical (unpaired) electrons. The van der Waals surface area contributed by atoms with Gasteiger partial charge < -0.3 is 0 Å². The summed E-state index contributed by atoms with van der Waals surface area (Å²) < 4.78 is 0. The Labute approximate surface area is 72.2 Å². The summed E-state index contributed by atoms with van der Waals surface area (Å²) in [7, 11) is 0. The van der Waals surface area contributed by atoms with Crippen LogP contribution in [0.2, 0.25) is 0 Å². The molecule has 0 bridgehead atoms. The topological polar surface area (TPSA) is 0 Å². The number of halogens is 1. The van der Waals surface area contributed by atoms with Crippen molar-refractivity contribution in [3.05, 3.63) is 35.9 Å². The van der Waals surface area contributed by atoms with E-state index in [-0.39, 0.29) is 5.38 Å². The van der Waals surface area contributed by atoms with E-state index in [1.54, 1.807) is 0 Å². The molecule has 0 nitrogen and oxygen atoms in total. The van der Waals surface area contributed by atoms with Crippen molar-refractivity contribution in [3.8, 4) is 12.3 Å². The monoisotopic (exact) mass is 164 g/mol. The van der Waals surface area contributed by atoms with Gasteiger partial charge in [0, 0.05) is 6.42 Å². The first-order valence-electron chi connectivity index (χ1n) is 3.47. The van der Waals surface area contributed by atoms with Crippen molar-refractivity contribution in [2.24, 2.45) is 0 Å². The molecule has 0 N–H and O–H groups in total. The van der Waals surface area contributed by atoms with Crippen molar-refractivity contribution < 1.29 is 0 Å². The van der Waals surface area contributed by atoms with Crippen LogP contribution in [0.15, 0.2) is 30.3 Å². The fourth-order valence-corrected chi connectivity index (χ4v) is 1.12. The third kappa shape index (κ3) is 2.29. The Morgan fingerprint density at radius 3 is 2.55 bits per heavy atom. The Hall–Kier alpha value is -0.930. The lowest BCUT2D eigenvalue weighted by Crippen LogP contribution is -1.86. The largest absolute Gasteiger partial charge is 0.120 e. The molecule has 11 heavy (non-hydrogen) atoms. The summed E-state index contributed by atoms with van der Waals surface area (Å²) in [6.07, 6.45) is 5.72. The van der Waals surface area contributed by atoms with E-state index in [4.69, 9.17) is 18.0 Å². The summed E-state index contributed by atoms with van der Waals surface area (Å²) in [4.78, 5) is 0. The average Bonchev–Trinajstić information content (AvgIpc) is 2.07. The van der Waals surface area contributed by atoms with Crippen LogP contribution in [0.25, 0.3) is 0 Å². The molecular formula is C10H9Cl. The van der Waals surface area contributed by atoms with Gasteiger partial charge in [-0.05, 0) is 5.56 Å². The molecule has 0 aromatic heterocycles. The fourth-order valence-electron chi connectivity index (χ4n) is 0.883. The zero-order chi connectivity index (χ0) is 8.10. The molecule has 0 saturated carbocycles. The molecule has 1 rings (SSSR count). The zero-order valence-electron chi connectivity index (χ0n) is 6.13. The third-order valence-electron chi connectivity index (χ3n) is 1.46. The lowest BCUT2D eigenvalue weighted by molar-refractivity contribution is 0.982. The van der Waals surface area contributed by atoms with Gasteiger partial charge >= 0.3 is 0 Å². The summed E-state index contributed by atoms with van der Waals surface area (Å²) in [6.45, 7) is 0. The minimum absolute atomic E-state index is 0.0406. The van der Waals surface area contributed by atoms with E-state index in [1.165, 1.54) is 0 Å². The first-order valence-corrected chi connectivity index (χ1v) is 3.90. The maximum atomic E-state index is 5.96. The molecule has 0 saturated heterocycles. The van der Waals surface area contributed by atoms with Gasteiger partial charge in [0.2, 0.25) is 0 Å². The van der Waals surface area contributed by atoms with E-state index in [2.05, 4.69) is 5.92 Å². The highest BCUT2D eigenvalue weighted by Crippen LogP contribution is 2.22. The molecule has 1 aromatic rings.